The molecule has 0 bridgehead atoms. The van der Waals surface area contributed by atoms with Crippen LogP contribution in [0.5, 0.6) is 5.75 Å². The van der Waals surface area contributed by atoms with E-state index in [0.29, 0.717) is 6.42 Å². The predicted molar refractivity (Wildman–Crippen MR) is 152 cm³/mol. The van der Waals surface area contributed by atoms with Gasteiger partial charge in [0, 0.05) is 6.42 Å². The summed E-state index contributed by atoms with van der Waals surface area (Å²) in [6.45, 7) is 7.59. The third kappa shape index (κ3) is 11.1. The highest BCUT2D eigenvalue weighted by Gasteiger charge is 2.31. The highest BCUT2D eigenvalue weighted by atomic mass is 16.4. The molecule has 2 rings (SSSR count). The van der Waals surface area contributed by atoms with Gasteiger partial charge in [0.15, 0.2) is 0 Å². The fraction of sp³-hybridized carbons (Fsp3) is 0.467. The lowest BCUT2D eigenvalue weighted by Crippen LogP contribution is -2.57. The van der Waals surface area contributed by atoms with E-state index in [1.807, 2.05) is 33.8 Å². The maximum atomic E-state index is 13.3. The van der Waals surface area contributed by atoms with Crippen LogP contribution in [0.4, 0.5) is 0 Å². The standard InChI is InChI=1S/C30H42N4O6/c1-18(2)14-24(32-27(36)23(31)16-21-10-12-22(35)13-11-21)28(37)33-25(15-19(3)4)29(38)34-26(30(39)40)17-20-8-6-5-7-9-20/h5-13,18-19,23-26,35H,14-17,31H2,1-4H3,(H,32,36)(H,33,37)(H,34,38)(H,39,40). The van der Waals surface area contributed by atoms with Crippen LogP contribution in [-0.2, 0) is 32.0 Å². The van der Waals surface area contributed by atoms with E-state index in [0.717, 1.165) is 11.1 Å². The number of hydrogen-bond acceptors (Lipinski definition) is 6. The molecule has 0 saturated carbocycles. The molecule has 10 nitrogen and oxygen atoms in total. The minimum absolute atomic E-state index is 0.0188. The maximum Gasteiger partial charge on any atom is 0.326 e. The SMILES string of the molecule is CC(C)CC(NC(=O)C(N)Cc1ccc(O)cc1)C(=O)NC(CC(C)C)C(=O)NC(Cc1ccccc1)C(=O)O. The Balaban J connectivity index is 2.12. The molecule has 218 valence electrons. The Labute approximate surface area is 235 Å². The van der Waals surface area contributed by atoms with Crippen molar-refractivity contribution in [3.63, 3.8) is 0 Å². The Morgan fingerprint density at radius 2 is 1.12 bits per heavy atom. The van der Waals surface area contributed by atoms with Crippen LogP contribution < -0.4 is 21.7 Å². The van der Waals surface area contributed by atoms with Crippen molar-refractivity contribution in [3.8, 4) is 5.75 Å². The number of carbonyl (C=O) groups is 4. The van der Waals surface area contributed by atoms with Gasteiger partial charge in [0.2, 0.25) is 17.7 Å². The molecule has 40 heavy (non-hydrogen) atoms. The molecule has 0 aromatic heterocycles. The number of carbonyl (C=O) groups excluding carboxylic acids is 3. The molecule has 0 aliphatic heterocycles. The molecular formula is C30H42N4O6. The number of phenols is 1. The van der Waals surface area contributed by atoms with Crippen LogP contribution in [0.15, 0.2) is 54.6 Å². The largest absolute Gasteiger partial charge is 0.508 e. The van der Waals surface area contributed by atoms with Gasteiger partial charge in [0.25, 0.3) is 0 Å². The van der Waals surface area contributed by atoms with Gasteiger partial charge in [-0.3, -0.25) is 14.4 Å². The first kappa shape index (κ1) is 32.3. The second-order valence-electron chi connectivity index (χ2n) is 10.9. The van der Waals surface area contributed by atoms with Gasteiger partial charge < -0.3 is 31.9 Å². The number of hydrogen-bond donors (Lipinski definition) is 6. The van der Waals surface area contributed by atoms with Gasteiger partial charge in [-0.05, 0) is 54.4 Å². The number of rotatable bonds is 15. The van der Waals surface area contributed by atoms with E-state index in [4.69, 9.17) is 5.73 Å². The molecule has 2 aromatic carbocycles. The van der Waals surface area contributed by atoms with Crippen LogP contribution in [0.25, 0.3) is 0 Å². The van der Waals surface area contributed by atoms with Crippen molar-refractivity contribution in [3.05, 3.63) is 65.7 Å². The van der Waals surface area contributed by atoms with E-state index in [-0.39, 0.29) is 36.8 Å². The fourth-order valence-electron chi connectivity index (χ4n) is 4.26. The molecule has 4 atom stereocenters. The van der Waals surface area contributed by atoms with E-state index in [2.05, 4.69) is 16.0 Å². The third-order valence-corrected chi connectivity index (χ3v) is 6.31. The summed E-state index contributed by atoms with van der Waals surface area (Å²) < 4.78 is 0. The summed E-state index contributed by atoms with van der Waals surface area (Å²) in [5.74, 6) is -2.69. The Morgan fingerprint density at radius 1 is 0.675 bits per heavy atom. The van der Waals surface area contributed by atoms with Gasteiger partial charge in [-0.15, -0.1) is 0 Å². The average Bonchev–Trinajstić information content (AvgIpc) is 2.88. The van der Waals surface area contributed by atoms with Crippen LogP contribution >= 0.6 is 0 Å². The first-order valence-electron chi connectivity index (χ1n) is 13.6. The second-order valence-corrected chi connectivity index (χ2v) is 10.9. The van der Waals surface area contributed by atoms with E-state index in [9.17, 15) is 29.4 Å². The zero-order valence-corrected chi connectivity index (χ0v) is 23.6. The normalized spacial score (nSPS) is 14.2. The molecule has 10 heteroatoms. The van der Waals surface area contributed by atoms with Crippen LogP contribution in [0, 0.1) is 11.8 Å². The zero-order chi connectivity index (χ0) is 29.8. The molecule has 0 saturated heterocycles. The lowest BCUT2D eigenvalue weighted by Gasteiger charge is -2.27. The van der Waals surface area contributed by atoms with E-state index in [1.165, 1.54) is 12.1 Å². The first-order valence-corrected chi connectivity index (χ1v) is 13.6. The molecule has 0 spiro atoms. The fourth-order valence-corrected chi connectivity index (χ4v) is 4.26. The number of nitrogens with two attached hydrogens (primary N) is 1. The Bertz CT molecular complexity index is 1120. The van der Waals surface area contributed by atoms with Gasteiger partial charge in [-0.25, -0.2) is 4.79 Å². The van der Waals surface area contributed by atoms with Gasteiger partial charge in [-0.1, -0.05) is 70.2 Å². The predicted octanol–water partition coefficient (Wildman–Crippen LogP) is 2.14. The van der Waals surface area contributed by atoms with Crippen molar-refractivity contribution >= 4 is 23.7 Å². The molecular weight excluding hydrogens is 512 g/mol. The van der Waals surface area contributed by atoms with Crippen molar-refractivity contribution in [2.24, 2.45) is 17.6 Å². The lowest BCUT2D eigenvalue weighted by atomic mass is 9.99. The number of aromatic hydroxyl groups is 1. The number of benzene rings is 2. The van der Waals surface area contributed by atoms with Gasteiger partial charge >= 0.3 is 5.97 Å². The summed E-state index contributed by atoms with van der Waals surface area (Å²) in [6, 6.07) is 11.2. The number of aliphatic carboxylic acids is 1. The first-order chi connectivity index (χ1) is 18.8. The summed E-state index contributed by atoms with van der Waals surface area (Å²) in [6.07, 6.45) is 0.886. The van der Waals surface area contributed by atoms with Gasteiger partial charge in [0.1, 0.15) is 23.9 Å². The minimum Gasteiger partial charge on any atom is -0.508 e. The second kappa shape index (κ2) is 15.6. The Kier molecular flexibility index (Phi) is 12.6. The molecule has 0 fully saturated rings. The number of nitrogens with one attached hydrogen (secondary N) is 3. The van der Waals surface area contributed by atoms with Crippen LogP contribution in [-0.4, -0.2) is 58.1 Å². The number of amides is 3. The van der Waals surface area contributed by atoms with E-state index in [1.54, 1.807) is 36.4 Å². The molecule has 4 unspecified atom stereocenters. The molecule has 0 heterocycles. The molecule has 0 aliphatic rings. The van der Waals surface area contributed by atoms with Gasteiger partial charge in [0.05, 0.1) is 6.04 Å². The monoisotopic (exact) mass is 554 g/mol. The quantitative estimate of drug-likeness (QED) is 0.196. The molecule has 3 amide bonds. The molecule has 0 aliphatic carbocycles. The highest BCUT2D eigenvalue weighted by molar-refractivity contribution is 5.94. The summed E-state index contributed by atoms with van der Waals surface area (Å²) in [5, 5.41) is 27.2. The average molecular weight is 555 g/mol. The van der Waals surface area contributed by atoms with Crippen molar-refractivity contribution in [2.75, 3.05) is 0 Å². The lowest BCUT2D eigenvalue weighted by molar-refractivity contribution is -0.142. The Morgan fingerprint density at radius 3 is 1.60 bits per heavy atom. The van der Waals surface area contributed by atoms with Crippen molar-refractivity contribution in [2.45, 2.75) is 77.5 Å². The van der Waals surface area contributed by atoms with Gasteiger partial charge in [-0.2, -0.15) is 0 Å². The summed E-state index contributed by atoms with van der Waals surface area (Å²) in [4.78, 5) is 51.3. The topological polar surface area (TPSA) is 171 Å². The van der Waals surface area contributed by atoms with Crippen molar-refractivity contribution < 1.29 is 29.4 Å². The number of phenolic OH excluding ortho intramolecular Hbond substituents is 1. The van der Waals surface area contributed by atoms with E-state index >= 15 is 0 Å². The maximum absolute atomic E-state index is 13.3. The highest BCUT2D eigenvalue weighted by Crippen LogP contribution is 2.13. The molecule has 0 radical (unpaired) electrons. The third-order valence-electron chi connectivity index (χ3n) is 6.31. The number of carboxylic acid groups (broad SMARTS) is 1. The van der Waals surface area contributed by atoms with Crippen molar-refractivity contribution in [1.29, 1.82) is 0 Å². The Hall–Kier alpha value is -3.92. The van der Waals surface area contributed by atoms with Crippen LogP contribution in [0.1, 0.15) is 51.7 Å². The van der Waals surface area contributed by atoms with Crippen molar-refractivity contribution in [1.82, 2.24) is 16.0 Å². The number of carboxylic acids is 1. The summed E-state index contributed by atoms with van der Waals surface area (Å²) in [5.41, 5.74) is 7.61. The summed E-state index contributed by atoms with van der Waals surface area (Å²) >= 11 is 0. The molecule has 2 aromatic rings. The minimum atomic E-state index is -1.18. The zero-order valence-electron chi connectivity index (χ0n) is 23.6. The smallest absolute Gasteiger partial charge is 0.326 e. The summed E-state index contributed by atoms with van der Waals surface area (Å²) in [7, 11) is 0. The van der Waals surface area contributed by atoms with Crippen LogP contribution in [0.2, 0.25) is 0 Å². The molecule has 7 N–H and O–H groups in total. The van der Waals surface area contributed by atoms with Crippen LogP contribution in [0.3, 0.4) is 0 Å². The van der Waals surface area contributed by atoms with E-state index < -0.39 is 47.9 Å².